The molecule has 0 spiro atoms. The number of nitriles is 1. The summed E-state index contributed by atoms with van der Waals surface area (Å²) < 4.78 is 13.6. The summed E-state index contributed by atoms with van der Waals surface area (Å²) in [7, 11) is 0. The summed E-state index contributed by atoms with van der Waals surface area (Å²) in [5.74, 6) is 0.390. The van der Waals surface area contributed by atoms with Crippen LogP contribution in [0.5, 0.6) is 0 Å². The van der Waals surface area contributed by atoms with Crippen LogP contribution in [0.3, 0.4) is 0 Å². The van der Waals surface area contributed by atoms with Crippen LogP contribution >= 0.6 is 0 Å². The van der Waals surface area contributed by atoms with Gasteiger partial charge in [0.25, 0.3) is 0 Å². The summed E-state index contributed by atoms with van der Waals surface area (Å²) in [6.07, 6.45) is 4.01. The minimum atomic E-state index is -0.295. The molecule has 4 heteroatoms. The zero-order valence-corrected chi connectivity index (χ0v) is 10.7. The van der Waals surface area contributed by atoms with Gasteiger partial charge in [-0.2, -0.15) is 5.26 Å². The lowest BCUT2D eigenvalue weighted by atomic mass is 10.1. The van der Waals surface area contributed by atoms with E-state index in [1.54, 1.807) is 6.20 Å². The Bertz CT molecular complexity index is 684. The Labute approximate surface area is 111 Å². The van der Waals surface area contributed by atoms with Crippen molar-refractivity contribution in [2.75, 3.05) is 11.9 Å². The van der Waals surface area contributed by atoms with Gasteiger partial charge < -0.3 is 5.32 Å². The minimum Gasteiger partial charge on any atom is -0.383 e. The predicted octanol–water partition coefficient (Wildman–Crippen LogP) is 3.38. The highest BCUT2D eigenvalue weighted by Crippen LogP contribution is 2.32. The van der Waals surface area contributed by atoms with Crippen LogP contribution in [0.4, 0.5) is 10.1 Å². The molecule has 1 aromatic carbocycles. The van der Waals surface area contributed by atoms with Crippen molar-refractivity contribution in [3.05, 3.63) is 35.3 Å². The molecule has 1 heterocycles. The van der Waals surface area contributed by atoms with Gasteiger partial charge in [0.05, 0.1) is 16.8 Å². The van der Waals surface area contributed by atoms with Crippen molar-refractivity contribution in [2.45, 2.75) is 19.8 Å². The zero-order chi connectivity index (χ0) is 13.4. The van der Waals surface area contributed by atoms with Gasteiger partial charge in [-0.05, 0) is 43.4 Å². The number of nitrogens with zero attached hydrogens (tertiary/aromatic N) is 2. The average molecular weight is 255 g/mol. The van der Waals surface area contributed by atoms with Crippen LogP contribution in [0.1, 0.15) is 24.0 Å². The van der Waals surface area contributed by atoms with Crippen LogP contribution in [0.15, 0.2) is 18.3 Å². The normalized spacial score (nSPS) is 14.4. The fourth-order valence-electron chi connectivity index (χ4n) is 2.28. The lowest BCUT2D eigenvalue weighted by Gasteiger charge is -2.12. The quantitative estimate of drug-likeness (QED) is 0.914. The Balaban J connectivity index is 2.15. The third-order valence-corrected chi connectivity index (χ3v) is 3.51. The predicted molar refractivity (Wildman–Crippen MR) is 72.4 cm³/mol. The van der Waals surface area contributed by atoms with E-state index in [0.717, 1.165) is 17.6 Å². The highest BCUT2D eigenvalue weighted by molar-refractivity contribution is 5.95. The SMILES string of the molecule is Cc1cc(F)cc2c(NCC3CC3)c(C#N)cnc12. The molecule has 1 N–H and O–H groups in total. The van der Waals surface area contributed by atoms with E-state index in [2.05, 4.69) is 16.4 Å². The summed E-state index contributed by atoms with van der Waals surface area (Å²) in [5.41, 5.74) is 2.72. The van der Waals surface area contributed by atoms with Crippen molar-refractivity contribution >= 4 is 16.6 Å². The highest BCUT2D eigenvalue weighted by Gasteiger charge is 2.22. The first-order chi connectivity index (χ1) is 9.19. The van der Waals surface area contributed by atoms with Gasteiger partial charge in [-0.3, -0.25) is 4.98 Å². The first kappa shape index (κ1) is 11.9. The molecule has 0 bridgehead atoms. The van der Waals surface area contributed by atoms with Crippen LogP contribution in [0.2, 0.25) is 0 Å². The molecule has 1 aliphatic rings. The number of benzene rings is 1. The number of aryl methyl sites for hydroxylation is 1. The van der Waals surface area contributed by atoms with E-state index in [9.17, 15) is 9.65 Å². The second-order valence-electron chi connectivity index (χ2n) is 5.10. The second kappa shape index (κ2) is 4.51. The number of halogens is 1. The molecule has 0 amide bonds. The third kappa shape index (κ3) is 2.24. The Hall–Kier alpha value is -2.15. The molecule has 1 aliphatic carbocycles. The summed E-state index contributed by atoms with van der Waals surface area (Å²) in [6.45, 7) is 2.67. The maximum Gasteiger partial charge on any atom is 0.124 e. The van der Waals surface area contributed by atoms with E-state index in [0.29, 0.717) is 22.6 Å². The largest absolute Gasteiger partial charge is 0.383 e. The molecule has 1 saturated carbocycles. The Morgan fingerprint density at radius 2 is 2.26 bits per heavy atom. The number of pyridine rings is 1. The molecule has 2 aromatic rings. The minimum absolute atomic E-state index is 0.295. The molecule has 1 fully saturated rings. The van der Waals surface area contributed by atoms with Crippen molar-refractivity contribution in [3.8, 4) is 6.07 Å². The molecule has 0 atom stereocenters. The summed E-state index contributed by atoms with van der Waals surface area (Å²) in [4.78, 5) is 4.27. The van der Waals surface area contributed by atoms with Gasteiger partial charge in [0.15, 0.2) is 0 Å². The Kier molecular flexibility index (Phi) is 2.83. The van der Waals surface area contributed by atoms with Gasteiger partial charge >= 0.3 is 0 Å². The lowest BCUT2D eigenvalue weighted by molar-refractivity contribution is 0.628. The number of rotatable bonds is 3. The molecule has 0 aliphatic heterocycles. The first-order valence-corrected chi connectivity index (χ1v) is 6.42. The van der Waals surface area contributed by atoms with Gasteiger partial charge in [-0.15, -0.1) is 0 Å². The van der Waals surface area contributed by atoms with Crippen molar-refractivity contribution in [2.24, 2.45) is 5.92 Å². The monoisotopic (exact) mass is 255 g/mol. The van der Waals surface area contributed by atoms with Gasteiger partial charge in [-0.25, -0.2) is 4.39 Å². The van der Waals surface area contributed by atoms with Crippen LogP contribution in [0.25, 0.3) is 10.9 Å². The summed E-state index contributed by atoms with van der Waals surface area (Å²) >= 11 is 0. The lowest BCUT2D eigenvalue weighted by Crippen LogP contribution is -2.06. The topological polar surface area (TPSA) is 48.7 Å². The number of hydrogen-bond donors (Lipinski definition) is 1. The van der Waals surface area contributed by atoms with E-state index < -0.39 is 0 Å². The molecular weight excluding hydrogens is 241 g/mol. The number of nitrogens with one attached hydrogen (secondary N) is 1. The number of aromatic nitrogens is 1. The molecule has 19 heavy (non-hydrogen) atoms. The zero-order valence-electron chi connectivity index (χ0n) is 10.7. The van der Waals surface area contributed by atoms with E-state index in [1.807, 2.05) is 6.92 Å². The molecule has 3 rings (SSSR count). The van der Waals surface area contributed by atoms with E-state index in [4.69, 9.17) is 0 Å². The number of fused-ring (bicyclic) bond motifs is 1. The van der Waals surface area contributed by atoms with Crippen molar-refractivity contribution < 1.29 is 4.39 Å². The molecule has 3 nitrogen and oxygen atoms in total. The van der Waals surface area contributed by atoms with Gasteiger partial charge in [0, 0.05) is 18.1 Å². The molecule has 0 saturated heterocycles. The number of anilines is 1. The summed E-state index contributed by atoms with van der Waals surface area (Å²) in [6, 6.07) is 5.04. The third-order valence-electron chi connectivity index (χ3n) is 3.51. The van der Waals surface area contributed by atoms with E-state index in [-0.39, 0.29) is 5.82 Å². The van der Waals surface area contributed by atoms with Crippen LogP contribution in [-0.4, -0.2) is 11.5 Å². The van der Waals surface area contributed by atoms with Crippen molar-refractivity contribution in [1.29, 1.82) is 5.26 Å². The highest BCUT2D eigenvalue weighted by atomic mass is 19.1. The van der Waals surface area contributed by atoms with Gasteiger partial charge in [0.2, 0.25) is 0 Å². The maximum absolute atomic E-state index is 13.6. The average Bonchev–Trinajstić information content (AvgIpc) is 3.19. The maximum atomic E-state index is 13.6. The van der Waals surface area contributed by atoms with Crippen LogP contribution < -0.4 is 5.32 Å². The first-order valence-electron chi connectivity index (χ1n) is 6.42. The Morgan fingerprint density at radius 1 is 1.47 bits per heavy atom. The molecular formula is C15H14FN3. The smallest absolute Gasteiger partial charge is 0.124 e. The van der Waals surface area contributed by atoms with E-state index >= 15 is 0 Å². The summed E-state index contributed by atoms with van der Waals surface area (Å²) in [5, 5.41) is 13.2. The van der Waals surface area contributed by atoms with E-state index in [1.165, 1.54) is 25.0 Å². The van der Waals surface area contributed by atoms with Crippen LogP contribution in [0, 0.1) is 30.0 Å². The van der Waals surface area contributed by atoms with Gasteiger partial charge in [-0.1, -0.05) is 0 Å². The molecule has 0 unspecified atom stereocenters. The molecule has 0 radical (unpaired) electrons. The second-order valence-corrected chi connectivity index (χ2v) is 5.10. The Morgan fingerprint density at radius 3 is 2.95 bits per heavy atom. The standard InChI is InChI=1S/C15H14FN3/c1-9-4-12(16)5-13-14(9)19-8-11(6-17)15(13)18-7-10-2-3-10/h4-5,8,10H,2-3,7H2,1H3,(H,18,19). The van der Waals surface area contributed by atoms with Crippen LogP contribution in [-0.2, 0) is 0 Å². The fourth-order valence-corrected chi connectivity index (χ4v) is 2.28. The van der Waals surface area contributed by atoms with Crippen molar-refractivity contribution in [1.82, 2.24) is 4.98 Å². The molecule has 1 aromatic heterocycles. The number of hydrogen-bond acceptors (Lipinski definition) is 3. The molecule has 96 valence electrons. The van der Waals surface area contributed by atoms with Gasteiger partial charge in [0.1, 0.15) is 11.9 Å². The fraction of sp³-hybridized carbons (Fsp3) is 0.333. The van der Waals surface area contributed by atoms with Crippen molar-refractivity contribution in [3.63, 3.8) is 0 Å².